The Hall–Kier alpha value is -3.41. The quantitative estimate of drug-likeness (QED) is 0.846. The first kappa shape index (κ1) is 18.0. The summed E-state index contributed by atoms with van der Waals surface area (Å²) in [6.07, 6.45) is 3.83. The third-order valence-corrected chi connectivity index (χ3v) is 5.73. The van der Waals surface area contributed by atoms with Gasteiger partial charge in [-0.3, -0.25) is 10.1 Å². The third kappa shape index (κ3) is 2.87. The first-order chi connectivity index (χ1) is 13.4. The molecule has 1 aromatic heterocycles. The van der Waals surface area contributed by atoms with Gasteiger partial charge in [-0.1, -0.05) is 6.42 Å². The van der Waals surface area contributed by atoms with Gasteiger partial charge in [0.25, 0.3) is 0 Å². The number of urea groups is 1. The van der Waals surface area contributed by atoms with Crippen molar-refractivity contribution in [2.24, 2.45) is 11.3 Å². The molecule has 1 aromatic carbocycles. The number of likely N-dealkylation sites (tertiary alicyclic amines) is 1. The van der Waals surface area contributed by atoms with Crippen molar-refractivity contribution < 1.29 is 19.1 Å². The number of halogens is 1. The maximum Gasteiger partial charge on any atom is 0.323 e. The van der Waals surface area contributed by atoms with Gasteiger partial charge >= 0.3 is 12.0 Å². The molecule has 0 spiro atoms. The monoisotopic (exact) mass is 383 g/mol. The van der Waals surface area contributed by atoms with E-state index >= 15 is 0 Å². The summed E-state index contributed by atoms with van der Waals surface area (Å²) in [6, 6.07) is 6.85. The molecule has 28 heavy (non-hydrogen) atoms. The predicted octanol–water partition coefficient (Wildman–Crippen LogP) is 2.60. The zero-order chi connectivity index (χ0) is 19.9. The summed E-state index contributed by atoms with van der Waals surface area (Å²) in [4.78, 5) is 25.9. The van der Waals surface area contributed by atoms with Crippen LogP contribution in [0, 0.1) is 28.5 Å². The predicted molar refractivity (Wildman–Crippen MR) is 96.2 cm³/mol. The van der Waals surface area contributed by atoms with Crippen molar-refractivity contribution in [1.82, 2.24) is 14.7 Å². The molecule has 2 N–H and O–H groups in total. The third-order valence-electron chi connectivity index (χ3n) is 5.73. The topological polar surface area (TPSA) is 111 Å². The number of carboxylic acids is 1. The zero-order valence-corrected chi connectivity index (χ0v) is 14.9. The minimum absolute atomic E-state index is 0.0225. The zero-order valence-electron chi connectivity index (χ0n) is 14.9. The number of carbonyl (C=O) groups is 2. The molecule has 4 rings (SSSR count). The first-order valence-corrected chi connectivity index (χ1v) is 8.98. The molecule has 2 fully saturated rings. The van der Waals surface area contributed by atoms with Crippen LogP contribution in [0.25, 0.3) is 5.69 Å². The molecule has 2 aromatic rings. The number of nitrogens with one attached hydrogen (secondary N) is 1. The van der Waals surface area contributed by atoms with Crippen molar-refractivity contribution in [1.29, 1.82) is 5.26 Å². The van der Waals surface area contributed by atoms with Crippen molar-refractivity contribution in [2.45, 2.75) is 19.3 Å². The molecule has 2 amide bonds. The Morgan fingerprint density at radius 1 is 1.39 bits per heavy atom. The molecule has 2 atom stereocenters. The number of amides is 2. The summed E-state index contributed by atoms with van der Waals surface area (Å²) in [7, 11) is 0. The molecule has 9 heteroatoms. The Morgan fingerprint density at radius 2 is 2.21 bits per heavy atom. The Balaban J connectivity index is 1.49. The number of carboxylic acid groups (broad SMARTS) is 1. The van der Waals surface area contributed by atoms with Gasteiger partial charge in [0.05, 0.1) is 16.7 Å². The fourth-order valence-corrected chi connectivity index (χ4v) is 4.30. The van der Waals surface area contributed by atoms with Gasteiger partial charge in [-0.25, -0.2) is 13.9 Å². The average molecular weight is 383 g/mol. The molecule has 8 nitrogen and oxygen atoms in total. The van der Waals surface area contributed by atoms with Crippen LogP contribution in [0.3, 0.4) is 0 Å². The van der Waals surface area contributed by atoms with Crippen molar-refractivity contribution in [3.63, 3.8) is 0 Å². The largest absolute Gasteiger partial charge is 0.481 e. The van der Waals surface area contributed by atoms with Crippen LogP contribution < -0.4 is 5.32 Å². The molecule has 1 saturated carbocycles. The van der Waals surface area contributed by atoms with Crippen LogP contribution >= 0.6 is 0 Å². The summed E-state index contributed by atoms with van der Waals surface area (Å²) in [5.74, 6) is -1.12. The molecular formula is C19H18FN5O3. The van der Waals surface area contributed by atoms with E-state index in [-0.39, 0.29) is 23.8 Å². The van der Waals surface area contributed by atoms with Gasteiger partial charge in [0.2, 0.25) is 0 Å². The fraction of sp³-hybridized carbons (Fsp3) is 0.368. The Morgan fingerprint density at radius 3 is 2.93 bits per heavy atom. The molecule has 2 heterocycles. The van der Waals surface area contributed by atoms with Crippen LogP contribution in [0.2, 0.25) is 0 Å². The number of nitriles is 1. The van der Waals surface area contributed by atoms with Gasteiger partial charge in [-0.2, -0.15) is 5.26 Å². The van der Waals surface area contributed by atoms with E-state index < -0.39 is 23.2 Å². The highest BCUT2D eigenvalue weighted by Gasteiger charge is 2.55. The van der Waals surface area contributed by atoms with Gasteiger partial charge in [-0.05, 0) is 37.0 Å². The molecule has 1 aliphatic carbocycles. The number of carbonyl (C=O) groups excluding carboxylic acids is 1. The van der Waals surface area contributed by atoms with Crippen LogP contribution in [0.1, 0.15) is 24.8 Å². The molecular weight excluding hydrogens is 365 g/mol. The van der Waals surface area contributed by atoms with Crippen LogP contribution in [0.4, 0.5) is 15.0 Å². The molecule has 0 unspecified atom stereocenters. The minimum Gasteiger partial charge on any atom is -0.481 e. The second-order valence-corrected chi connectivity index (χ2v) is 7.28. The molecule has 1 saturated heterocycles. The number of rotatable bonds is 3. The number of anilines is 1. The van der Waals surface area contributed by atoms with Crippen molar-refractivity contribution >= 4 is 17.8 Å². The fourth-order valence-electron chi connectivity index (χ4n) is 4.30. The number of hydrogen-bond donors (Lipinski definition) is 2. The molecule has 0 radical (unpaired) electrons. The number of aliphatic carboxylic acids is 1. The molecule has 0 bridgehead atoms. The van der Waals surface area contributed by atoms with Crippen LogP contribution in [-0.2, 0) is 4.79 Å². The van der Waals surface area contributed by atoms with E-state index in [1.54, 1.807) is 12.3 Å². The Kier molecular flexibility index (Phi) is 4.26. The van der Waals surface area contributed by atoms with E-state index in [2.05, 4.69) is 10.4 Å². The van der Waals surface area contributed by atoms with Crippen molar-refractivity contribution in [2.75, 3.05) is 18.4 Å². The number of benzene rings is 1. The number of fused-ring (bicyclic) bond motifs is 1. The summed E-state index contributed by atoms with van der Waals surface area (Å²) >= 11 is 0. The van der Waals surface area contributed by atoms with E-state index in [0.717, 1.165) is 18.9 Å². The minimum atomic E-state index is -0.841. The SMILES string of the molecule is N#Cc1cc(F)ccc1-n1ccc(NC(=O)N2C[C@@H]3CCC[C@@]3(C(=O)O)C2)n1. The van der Waals surface area contributed by atoms with Crippen molar-refractivity contribution in [3.05, 3.63) is 41.8 Å². The average Bonchev–Trinajstić information content (AvgIpc) is 3.35. The smallest absolute Gasteiger partial charge is 0.323 e. The van der Waals surface area contributed by atoms with Crippen LogP contribution in [0.15, 0.2) is 30.5 Å². The second-order valence-electron chi connectivity index (χ2n) is 7.28. The molecule has 144 valence electrons. The van der Waals surface area contributed by atoms with E-state index in [9.17, 15) is 19.1 Å². The van der Waals surface area contributed by atoms with Gasteiger partial charge in [0, 0.05) is 25.4 Å². The summed E-state index contributed by atoms with van der Waals surface area (Å²) < 4.78 is 14.7. The molecule has 1 aliphatic heterocycles. The lowest BCUT2D eigenvalue weighted by Gasteiger charge is -2.23. The van der Waals surface area contributed by atoms with Gasteiger partial charge in [0.1, 0.15) is 11.9 Å². The van der Waals surface area contributed by atoms with E-state index in [0.29, 0.717) is 18.7 Å². The highest BCUT2D eigenvalue weighted by atomic mass is 19.1. The summed E-state index contributed by atoms with van der Waals surface area (Å²) in [5.41, 5.74) is -0.325. The van der Waals surface area contributed by atoms with Crippen LogP contribution in [0.5, 0.6) is 0 Å². The van der Waals surface area contributed by atoms with E-state index in [4.69, 9.17) is 5.26 Å². The highest BCUT2D eigenvalue weighted by Crippen LogP contribution is 2.48. The van der Waals surface area contributed by atoms with E-state index in [1.165, 1.54) is 21.7 Å². The number of nitrogens with zero attached hydrogens (tertiary/aromatic N) is 4. The highest BCUT2D eigenvalue weighted by molar-refractivity contribution is 5.89. The second kappa shape index (κ2) is 6.64. The van der Waals surface area contributed by atoms with Gasteiger partial charge in [0.15, 0.2) is 5.82 Å². The molecule has 2 aliphatic rings. The standard InChI is InChI=1S/C19H18FN5O3/c20-14-3-4-15(12(8-14)9-21)25-7-5-16(23-25)22-18(28)24-10-13-2-1-6-19(13,11-24)17(26)27/h3-5,7-8,13H,1-2,6,10-11H2,(H,26,27)(H,22,23,28)/t13-,19+/m0/s1. The Labute approximate surface area is 160 Å². The van der Waals surface area contributed by atoms with Gasteiger partial charge < -0.3 is 10.0 Å². The van der Waals surface area contributed by atoms with Crippen molar-refractivity contribution in [3.8, 4) is 11.8 Å². The van der Waals surface area contributed by atoms with Crippen LogP contribution in [-0.4, -0.2) is 44.9 Å². The number of aromatic nitrogens is 2. The maximum absolute atomic E-state index is 13.3. The lowest BCUT2D eigenvalue weighted by molar-refractivity contribution is -0.149. The first-order valence-electron chi connectivity index (χ1n) is 8.98. The summed E-state index contributed by atoms with van der Waals surface area (Å²) in [6.45, 7) is 0.603. The lowest BCUT2D eigenvalue weighted by atomic mass is 9.81. The normalized spacial score (nSPS) is 23.3. The van der Waals surface area contributed by atoms with E-state index in [1.807, 2.05) is 6.07 Å². The number of hydrogen-bond acceptors (Lipinski definition) is 4. The Bertz CT molecular complexity index is 998. The lowest BCUT2D eigenvalue weighted by Crippen LogP contribution is -2.38. The maximum atomic E-state index is 13.3. The summed E-state index contributed by atoms with van der Waals surface area (Å²) in [5, 5.41) is 25.7. The van der Waals surface area contributed by atoms with Gasteiger partial charge in [-0.15, -0.1) is 5.10 Å².